The van der Waals surface area contributed by atoms with Crippen molar-refractivity contribution in [2.24, 2.45) is 0 Å². The number of hydrogen-bond acceptors (Lipinski definition) is 3. The molecule has 0 heterocycles. The Balaban J connectivity index is 2.93. The topological polar surface area (TPSA) is 78.9 Å². The molecule has 0 saturated heterocycles. The van der Waals surface area contributed by atoms with Gasteiger partial charge in [0.1, 0.15) is 6.61 Å². The highest BCUT2D eigenvalue weighted by Crippen LogP contribution is 2.26. The monoisotopic (exact) mass is 354 g/mol. The average molecular weight is 356 g/mol. The van der Waals surface area contributed by atoms with Crippen molar-refractivity contribution in [3.8, 4) is 0 Å². The number of hydrogen-bond donors (Lipinski definition) is 2. The Kier molecular flexibility index (Phi) is 7.42. The molecule has 116 valence electrons. The molecule has 21 heavy (non-hydrogen) atoms. The van der Waals surface area contributed by atoms with Crippen molar-refractivity contribution in [2.45, 2.75) is 0 Å². The number of carboxylic acid groups (broad SMARTS) is 1. The van der Waals surface area contributed by atoms with E-state index in [4.69, 9.17) is 44.6 Å². The summed E-state index contributed by atoms with van der Waals surface area (Å²) in [5.74, 6) is 0.302. The number of anilines is 2. The Morgan fingerprint density at radius 1 is 1.24 bits per heavy atom. The molecule has 0 aliphatic rings. The zero-order valence-corrected chi connectivity index (χ0v) is 13.1. The molecule has 0 aromatic heterocycles. The number of alkyl halides is 2. The lowest BCUT2D eigenvalue weighted by atomic mass is 10.2. The van der Waals surface area contributed by atoms with E-state index in [0.29, 0.717) is 11.4 Å². The van der Waals surface area contributed by atoms with Crippen LogP contribution < -0.4 is 10.2 Å². The normalized spacial score (nSPS) is 10.0. The molecule has 2 amide bonds. The van der Waals surface area contributed by atoms with Gasteiger partial charge in [-0.15, -0.1) is 23.2 Å². The third-order valence-electron chi connectivity index (χ3n) is 2.29. The minimum Gasteiger partial charge on any atom is -0.465 e. The lowest BCUT2D eigenvalue weighted by Crippen LogP contribution is -2.31. The van der Waals surface area contributed by atoms with Crippen LogP contribution in [0.2, 0.25) is 5.02 Å². The van der Waals surface area contributed by atoms with Crippen LogP contribution in [0.4, 0.5) is 21.0 Å². The maximum Gasteiger partial charge on any atom is 0.411 e. The number of nitrogens with zero attached hydrogens (tertiary/aromatic N) is 1. The van der Waals surface area contributed by atoms with E-state index in [0.717, 1.165) is 4.90 Å². The number of halogens is 3. The van der Waals surface area contributed by atoms with E-state index in [1.165, 1.54) is 18.2 Å². The van der Waals surface area contributed by atoms with Gasteiger partial charge in [-0.25, -0.2) is 9.59 Å². The van der Waals surface area contributed by atoms with Gasteiger partial charge < -0.3 is 9.84 Å². The molecular formula is C12H13Cl3N2O4. The Morgan fingerprint density at radius 2 is 1.95 bits per heavy atom. The number of carbonyl (C=O) groups excluding carboxylic acids is 1. The average Bonchev–Trinajstić information content (AvgIpc) is 2.41. The Bertz CT molecular complexity index is 513. The molecule has 1 rings (SSSR count). The fourth-order valence-electron chi connectivity index (χ4n) is 1.51. The lowest BCUT2D eigenvalue weighted by Gasteiger charge is -2.19. The molecule has 0 atom stereocenters. The molecule has 0 fully saturated rings. The van der Waals surface area contributed by atoms with Gasteiger partial charge in [0.05, 0.1) is 11.6 Å². The molecular weight excluding hydrogens is 343 g/mol. The van der Waals surface area contributed by atoms with E-state index in [1.807, 2.05) is 0 Å². The van der Waals surface area contributed by atoms with Crippen LogP contribution in [0.3, 0.4) is 0 Å². The summed E-state index contributed by atoms with van der Waals surface area (Å²) >= 11 is 16.9. The largest absolute Gasteiger partial charge is 0.465 e. The van der Waals surface area contributed by atoms with Crippen molar-refractivity contribution >= 4 is 58.4 Å². The zero-order chi connectivity index (χ0) is 15.8. The second-order valence-corrected chi connectivity index (χ2v) is 4.96. The van der Waals surface area contributed by atoms with Crippen LogP contribution in [0.25, 0.3) is 0 Å². The third kappa shape index (κ3) is 5.87. The fourth-order valence-corrected chi connectivity index (χ4v) is 1.98. The van der Waals surface area contributed by atoms with Crippen LogP contribution in [0.15, 0.2) is 18.2 Å². The first-order valence-corrected chi connectivity index (χ1v) is 7.29. The van der Waals surface area contributed by atoms with Crippen LogP contribution in [-0.2, 0) is 4.74 Å². The minimum absolute atomic E-state index is 0.0638. The SMILES string of the molecule is O=C(Nc1cc(Cl)cc(N(CCCl)C(=O)O)c1)OCCCl. The first kappa shape index (κ1) is 17.7. The summed E-state index contributed by atoms with van der Waals surface area (Å²) in [5, 5.41) is 11.8. The van der Waals surface area contributed by atoms with Gasteiger partial charge in [0.2, 0.25) is 0 Å². The van der Waals surface area contributed by atoms with Crippen molar-refractivity contribution in [1.29, 1.82) is 0 Å². The number of nitrogens with one attached hydrogen (secondary N) is 1. The third-order valence-corrected chi connectivity index (χ3v) is 2.83. The van der Waals surface area contributed by atoms with E-state index in [-0.39, 0.29) is 29.9 Å². The van der Waals surface area contributed by atoms with E-state index in [1.54, 1.807) is 0 Å². The van der Waals surface area contributed by atoms with Crippen LogP contribution in [0.5, 0.6) is 0 Å². The van der Waals surface area contributed by atoms with Gasteiger partial charge >= 0.3 is 12.2 Å². The summed E-state index contributed by atoms with van der Waals surface area (Å²) in [4.78, 5) is 23.6. The molecule has 1 aromatic rings. The van der Waals surface area contributed by atoms with E-state index >= 15 is 0 Å². The molecule has 9 heteroatoms. The molecule has 0 spiro atoms. The molecule has 0 aliphatic carbocycles. The van der Waals surface area contributed by atoms with E-state index in [2.05, 4.69) is 5.32 Å². The zero-order valence-electron chi connectivity index (χ0n) is 10.8. The van der Waals surface area contributed by atoms with Crippen molar-refractivity contribution in [3.63, 3.8) is 0 Å². The van der Waals surface area contributed by atoms with E-state index < -0.39 is 12.2 Å². The highest BCUT2D eigenvalue weighted by atomic mass is 35.5. The van der Waals surface area contributed by atoms with Crippen LogP contribution in [-0.4, -0.2) is 42.2 Å². The summed E-state index contributed by atoms with van der Waals surface area (Å²) in [6, 6.07) is 4.37. The number of amides is 2. The fraction of sp³-hybridized carbons (Fsp3) is 0.333. The highest BCUT2D eigenvalue weighted by Gasteiger charge is 2.15. The summed E-state index contributed by atoms with van der Waals surface area (Å²) in [7, 11) is 0. The Labute approximate surface area is 136 Å². The molecule has 0 aliphatic heterocycles. The van der Waals surface area contributed by atoms with Gasteiger partial charge in [0.25, 0.3) is 0 Å². The van der Waals surface area contributed by atoms with Crippen LogP contribution in [0.1, 0.15) is 0 Å². The second kappa shape index (κ2) is 8.81. The molecule has 2 N–H and O–H groups in total. The van der Waals surface area contributed by atoms with Crippen LogP contribution in [0, 0.1) is 0 Å². The smallest absolute Gasteiger partial charge is 0.411 e. The quantitative estimate of drug-likeness (QED) is 0.760. The molecule has 0 radical (unpaired) electrons. The van der Waals surface area contributed by atoms with Crippen LogP contribution >= 0.6 is 34.8 Å². The first-order valence-electron chi connectivity index (χ1n) is 5.84. The highest BCUT2D eigenvalue weighted by molar-refractivity contribution is 6.31. The molecule has 0 unspecified atom stereocenters. The van der Waals surface area contributed by atoms with Gasteiger partial charge in [-0.2, -0.15) is 0 Å². The first-order chi connectivity index (χ1) is 9.97. The van der Waals surface area contributed by atoms with Gasteiger partial charge in [0.15, 0.2) is 0 Å². The number of benzene rings is 1. The predicted molar refractivity (Wildman–Crippen MR) is 83.2 cm³/mol. The molecule has 0 bridgehead atoms. The summed E-state index contributed by atoms with van der Waals surface area (Å²) in [6.45, 7) is 0.154. The van der Waals surface area contributed by atoms with Gasteiger partial charge in [-0.05, 0) is 18.2 Å². The number of carbonyl (C=O) groups is 2. The minimum atomic E-state index is -1.17. The summed E-state index contributed by atoms with van der Waals surface area (Å²) < 4.78 is 4.75. The number of rotatable bonds is 6. The van der Waals surface area contributed by atoms with Gasteiger partial charge in [0, 0.05) is 23.1 Å². The molecule has 1 aromatic carbocycles. The standard InChI is InChI=1S/C12H13Cl3N2O4/c13-1-3-17(12(19)20)10-6-8(15)5-9(7-10)16-11(18)21-4-2-14/h5-7H,1-4H2,(H,16,18)(H,19,20). The van der Waals surface area contributed by atoms with Crippen molar-refractivity contribution in [2.75, 3.05) is 35.1 Å². The maximum absolute atomic E-state index is 11.4. The van der Waals surface area contributed by atoms with Gasteiger partial charge in [-0.1, -0.05) is 11.6 Å². The summed E-state index contributed by atoms with van der Waals surface area (Å²) in [5.41, 5.74) is 0.598. The Morgan fingerprint density at radius 3 is 2.52 bits per heavy atom. The predicted octanol–water partition coefficient (Wildman–Crippen LogP) is 3.85. The summed E-state index contributed by atoms with van der Waals surface area (Å²) in [6.07, 6.45) is -1.88. The second-order valence-electron chi connectivity index (χ2n) is 3.77. The maximum atomic E-state index is 11.4. The van der Waals surface area contributed by atoms with E-state index in [9.17, 15) is 9.59 Å². The van der Waals surface area contributed by atoms with Crippen molar-refractivity contribution in [1.82, 2.24) is 0 Å². The Hall–Kier alpha value is -1.37. The van der Waals surface area contributed by atoms with Gasteiger partial charge in [-0.3, -0.25) is 10.2 Å². The number of ether oxygens (including phenoxy) is 1. The molecule has 0 saturated carbocycles. The van der Waals surface area contributed by atoms with Crippen molar-refractivity contribution < 1.29 is 19.4 Å². The van der Waals surface area contributed by atoms with Crippen molar-refractivity contribution in [3.05, 3.63) is 23.2 Å². The molecule has 6 nitrogen and oxygen atoms in total. The lowest BCUT2D eigenvalue weighted by molar-refractivity contribution is 0.168.